The summed E-state index contributed by atoms with van der Waals surface area (Å²) >= 11 is 0. The molecule has 1 saturated carbocycles. The van der Waals surface area contributed by atoms with Crippen molar-refractivity contribution in [2.45, 2.75) is 13.3 Å². The van der Waals surface area contributed by atoms with Gasteiger partial charge in [-0.15, -0.1) is 0 Å². The van der Waals surface area contributed by atoms with Crippen LogP contribution in [0.4, 0.5) is 11.4 Å². The van der Waals surface area contributed by atoms with Crippen LogP contribution in [0.15, 0.2) is 60.2 Å². The van der Waals surface area contributed by atoms with Crippen LogP contribution >= 0.6 is 0 Å². The Kier molecular flexibility index (Phi) is 4.24. The summed E-state index contributed by atoms with van der Waals surface area (Å²) in [6.45, 7) is 2.04. The van der Waals surface area contributed by atoms with E-state index < -0.39 is 0 Å². The molecule has 5 rings (SSSR count). The molecule has 0 aromatic heterocycles. The lowest BCUT2D eigenvalue weighted by molar-refractivity contribution is -0.123. The van der Waals surface area contributed by atoms with E-state index in [0.29, 0.717) is 22.7 Å². The largest absolute Gasteiger partial charge is 0.497 e. The van der Waals surface area contributed by atoms with Crippen molar-refractivity contribution in [2.24, 2.45) is 23.7 Å². The van der Waals surface area contributed by atoms with Crippen molar-refractivity contribution < 1.29 is 19.1 Å². The number of allylic oxidation sites excluding steroid dienone is 2. The Balaban J connectivity index is 1.46. The molecule has 1 saturated heterocycles. The molecule has 30 heavy (non-hydrogen) atoms. The maximum Gasteiger partial charge on any atom is 0.257 e. The van der Waals surface area contributed by atoms with Crippen molar-refractivity contribution in [3.63, 3.8) is 0 Å². The van der Waals surface area contributed by atoms with E-state index in [9.17, 15) is 14.4 Å². The van der Waals surface area contributed by atoms with Crippen LogP contribution < -0.4 is 15.0 Å². The minimum absolute atomic E-state index is 0.124. The van der Waals surface area contributed by atoms with Gasteiger partial charge in [-0.1, -0.05) is 29.8 Å². The summed E-state index contributed by atoms with van der Waals surface area (Å²) in [6.07, 6.45) is 3.02. The number of amides is 3. The molecule has 2 aromatic rings. The zero-order chi connectivity index (χ0) is 21.0. The molecule has 4 atom stereocenters. The van der Waals surface area contributed by atoms with E-state index in [1.807, 2.05) is 6.92 Å². The second-order valence-corrected chi connectivity index (χ2v) is 8.18. The fourth-order valence-corrected chi connectivity index (χ4v) is 5.27. The van der Waals surface area contributed by atoms with Gasteiger partial charge in [-0.2, -0.15) is 0 Å². The Morgan fingerprint density at radius 1 is 1.07 bits per heavy atom. The normalized spacial score (nSPS) is 26.6. The third-order valence-electron chi connectivity index (χ3n) is 6.60. The Labute approximate surface area is 174 Å². The third kappa shape index (κ3) is 2.67. The van der Waals surface area contributed by atoms with Gasteiger partial charge in [-0.05, 0) is 49.4 Å². The van der Waals surface area contributed by atoms with Crippen LogP contribution in [-0.4, -0.2) is 24.8 Å². The molecule has 0 spiro atoms. The Morgan fingerprint density at radius 2 is 1.83 bits per heavy atom. The topological polar surface area (TPSA) is 75.7 Å². The first-order chi connectivity index (χ1) is 14.5. The van der Waals surface area contributed by atoms with Crippen LogP contribution in [0.3, 0.4) is 0 Å². The van der Waals surface area contributed by atoms with Crippen LogP contribution in [0.2, 0.25) is 0 Å². The summed E-state index contributed by atoms with van der Waals surface area (Å²) < 4.78 is 5.20. The first-order valence-electron chi connectivity index (χ1n) is 10.1. The molecule has 6 nitrogen and oxygen atoms in total. The summed E-state index contributed by atoms with van der Waals surface area (Å²) in [7, 11) is 1.56. The van der Waals surface area contributed by atoms with E-state index in [2.05, 4.69) is 11.4 Å². The fourth-order valence-electron chi connectivity index (χ4n) is 5.27. The van der Waals surface area contributed by atoms with E-state index >= 15 is 0 Å². The van der Waals surface area contributed by atoms with E-state index in [4.69, 9.17) is 4.74 Å². The van der Waals surface area contributed by atoms with Gasteiger partial charge in [0.05, 0.1) is 30.2 Å². The van der Waals surface area contributed by atoms with Gasteiger partial charge < -0.3 is 10.1 Å². The van der Waals surface area contributed by atoms with E-state index in [1.165, 1.54) is 10.5 Å². The Hall–Kier alpha value is -3.41. The number of rotatable bonds is 4. The number of anilines is 2. The maximum absolute atomic E-state index is 13.3. The molecule has 1 aliphatic heterocycles. The number of fused-ring (bicyclic) bond motifs is 5. The second-order valence-electron chi connectivity index (χ2n) is 8.18. The van der Waals surface area contributed by atoms with E-state index in [-0.39, 0.29) is 41.4 Å². The molecule has 0 radical (unpaired) electrons. The van der Waals surface area contributed by atoms with Crippen molar-refractivity contribution in [1.82, 2.24) is 0 Å². The molecule has 1 N–H and O–H groups in total. The van der Waals surface area contributed by atoms with Gasteiger partial charge in [0, 0.05) is 11.8 Å². The summed E-state index contributed by atoms with van der Waals surface area (Å²) in [5.41, 5.74) is 2.41. The number of carbonyl (C=O) groups excluding carboxylic acids is 3. The van der Waals surface area contributed by atoms with Crippen LogP contribution in [0.25, 0.3) is 0 Å². The minimum atomic E-state index is -0.381. The number of nitrogens with one attached hydrogen (secondary N) is 1. The lowest BCUT2D eigenvalue weighted by atomic mass is 9.82. The molecule has 2 fully saturated rings. The highest BCUT2D eigenvalue weighted by Crippen LogP contribution is 2.56. The van der Waals surface area contributed by atoms with Crippen LogP contribution in [-0.2, 0) is 9.59 Å². The number of ether oxygens (including phenoxy) is 1. The highest BCUT2D eigenvalue weighted by molar-refractivity contribution is 6.25. The summed E-state index contributed by atoms with van der Waals surface area (Å²) in [6, 6.07) is 13.8. The Morgan fingerprint density at radius 3 is 2.63 bits per heavy atom. The molecule has 6 heteroatoms. The number of hydrogen-bond acceptors (Lipinski definition) is 4. The quantitative estimate of drug-likeness (QED) is 0.626. The number of para-hydroxylation sites is 1. The Bertz CT molecular complexity index is 1110. The molecule has 152 valence electrons. The maximum atomic E-state index is 13.3. The molecule has 2 bridgehead atoms. The van der Waals surface area contributed by atoms with Gasteiger partial charge in [0.1, 0.15) is 5.75 Å². The van der Waals surface area contributed by atoms with Crippen molar-refractivity contribution >= 4 is 29.1 Å². The number of methoxy groups -OCH3 is 1. The molecular weight excluding hydrogens is 380 g/mol. The fraction of sp³-hybridized carbons (Fsp3) is 0.292. The smallest absolute Gasteiger partial charge is 0.257 e. The summed E-state index contributed by atoms with van der Waals surface area (Å²) in [5.74, 6) is -0.485. The molecule has 3 aliphatic rings. The molecule has 2 aliphatic carbocycles. The minimum Gasteiger partial charge on any atom is -0.497 e. The summed E-state index contributed by atoms with van der Waals surface area (Å²) in [4.78, 5) is 40.8. The molecular formula is C24H22N2O4. The number of hydrogen-bond donors (Lipinski definition) is 1. The predicted octanol–water partition coefficient (Wildman–Crippen LogP) is 3.65. The third-order valence-corrected chi connectivity index (χ3v) is 6.60. The van der Waals surface area contributed by atoms with Crippen molar-refractivity contribution in [2.75, 3.05) is 17.3 Å². The van der Waals surface area contributed by atoms with Gasteiger partial charge in [-0.25, -0.2) is 4.90 Å². The first kappa shape index (κ1) is 18.6. The molecule has 0 unspecified atom stereocenters. The lowest BCUT2D eigenvalue weighted by Gasteiger charge is -2.20. The monoisotopic (exact) mass is 402 g/mol. The lowest BCUT2D eigenvalue weighted by Crippen LogP contribution is -2.34. The van der Waals surface area contributed by atoms with Crippen molar-refractivity contribution in [1.29, 1.82) is 0 Å². The van der Waals surface area contributed by atoms with Gasteiger partial charge in [0.25, 0.3) is 5.91 Å². The first-order valence-corrected chi connectivity index (χ1v) is 10.1. The van der Waals surface area contributed by atoms with Gasteiger partial charge in [-0.3, -0.25) is 14.4 Å². The highest BCUT2D eigenvalue weighted by Gasteiger charge is 2.61. The SMILES string of the molecule is COc1cccc(NC(=O)c2ccccc2N2C(=O)[C@H]3[C@H](C2=O)[C@H]2C[C@@H]3C=C2C)c1. The number of nitrogens with zero attached hydrogens (tertiary/aromatic N) is 1. The van der Waals surface area contributed by atoms with Crippen molar-refractivity contribution in [3.05, 3.63) is 65.7 Å². The van der Waals surface area contributed by atoms with Crippen LogP contribution in [0.1, 0.15) is 23.7 Å². The van der Waals surface area contributed by atoms with Gasteiger partial charge in [0.15, 0.2) is 0 Å². The second kappa shape index (κ2) is 6.83. The predicted molar refractivity (Wildman–Crippen MR) is 112 cm³/mol. The van der Waals surface area contributed by atoms with E-state index in [0.717, 1.165) is 6.42 Å². The van der Waals surface area contributed by atoms with Crippen molar-refractivity contribution in [3.8, 4) is 5.75 Å². The molecule has 2 aromatic carbocycles. The zero-order valence-corrected chi connectivity index (χ0v) is 16.8. The molecule has 1 heterocycles. The standard InChI is InChI=1S/C24H22N2O4/c1-13-10-14-11-18(13)21-20(14)23(28)26(24(21)29)19-9-4-3-8-17(19)22(27)25-15-6-5-7-16(12-15)30-2/h3-10,12,14,18,20-21H,11H2,1-2H3,(H,25,27)/t14-,18-,20+,21+/m0/s1. The van der Waals surface area contributed by atoms with Gasteiger partial charge in [0.2, 0.25) is 11.8 Å². The number of carbonyl (C=O) groups is 3. The average Bonchev–Trinajstić information content (AvgIpc) is 3.38. The van der Waals surface area contributed by atoms with Crippen LogP contribution in [0, 0.1) is 23.7 Å². The highest BCUT2D eigenvalue weighted by atomic mass is 16.5. The number of benzene rings is 2. The van der Waals surface area contributed by atoms with Crippen LogP contribution in [0.5, 0.6) is 5.75 Å². The zero-order valence-electron chi connectivity index (χ0n) is 16.8. The van der Waals surface area contributed by atoms with Gasteiger partial charge >= 0.3 is 0 Å². The number of imide groups is 1. The average molecular weight is 402 g/mol. The molecule has 3 amide bonds. The summed E-state index contributed by atoms with van der Waals surface area (Å²) in [5, 5.41) is 2.84. The van der Waals surface area contributed by atoms with E-state index in [1.54, 1.807) is 55.6 Å².